The van der Waals surface area contributed by atoms with Crippen molar-refractivity contribution in [2.24, 2.45) is 11.8 Å². The molecule has 1 aromatic carbocycles. The zero-order valence-electron chi connectivity index (χ0n) is 17.5. The summed E-state index contributed by atoms with van der Waals surface area (Å²) in [5.74, 6) is 1.66. The molecule has 2 saturated heterocycles. The number of nitrogens with zero attached hydrogens (tertiary/aromatic N) is 1. The molecule has 3 N–H and O–H groups in total. The van der Waals surface area contributed by atoms with Crippen LogP contribution in [0, 0.1) is 11.8 Å². The first-order valence-corrected chi connectivity index (χ1v) is 11.1. The molecule has 2 aliphatic heterocycles. The van der Waals surface area contributed by atoms with Crippen LogP contribution in [-0.4, -0.2) is 72.5 Å². The maximum absolute atomic E-state index is 12.9. The molecule has 3 aliphatic rings. The number of carbonyl (C=O) groups excluding carboxylic acids is 1. The number of aromatic nitrogens is 1. The number of carbonyl (C=O) groups is 1. The highest BCUT2D eigenvalue weighted by Crippen LogP contribution is 2.38. The normalized spacial score (nSPS) is 30.3. The van der Waals surface area contributed by atoms with Crippen molar-refractivity contribution >= 4 is 16.8 Å². The van der Waals surface area contributed by atoms with Gasteiger partial charge in [-0.05, 0) is 61.8 Å². The number of aliphatic hydroxyl groups is 1. The molecule has 3 heterocycles. The Morgan fingerprint density at radius 1 is 1.20 bits per heavy atom. The third-order valence-corrected chi connectivity index (χ3v) is 7.27. The third kappa shape index (κ3) is 3.82. The first kappa shape index (κ1) is 19.8. The molecular weight excluding hydrogens is 382 g/mol. The van der Waals surface area contributed by atoms with Crippen LogP contribution in [0.3, 0.4) is 0 Å². The largest absolute Gasteiger partial charge is 0.497 e. The Balaban J connectivity index is 1.23. The highest BCUT2D eigenvalue weighted by Gasteiger charge is 2.43. The number of likely N-dealkylation sites (tertiary alicyclic amines) is 1. The summed E-state index contributed by atoms with van der Waals surface area (Å²) in [5.41, 5.74) is 1.41. The number of aliphatic hydroxyl groups excluding tert-OH is 1. The lowest BCUT2D eigenvalue weighted by atomic mass is 9.77. The molecule has 1 aliphatic carbocycles. The van der Waals surface area contributed by atoms with Gasteiger partial charge in [-0.1, -0.05) is 0 Å². The van der Waals surface area contributed by atoms with Crippen LogP contribution in [0.2, 0.25) is 0 Å². The van der Waals surface area contributed by atoms with Crippen molar-refractivity contribution in [2.45, 2.75) is 43.9 Å². The maximum atomic E-state index is 12.9. The van der Waals surface area contributed by atoms with Crippen LogP contribution in [0.25, 0.3) is 10.9 Å². The second-order valence-electron chi connectivity index (χ2n) is 9.07. The van der Waals surface area contributed by atoms with E-state index in [1.807, 2.05) is 24.3 Å². The highest BCUT2D eigenvalue weighted by atomic mass is 16.5. The molecule has 7 heteroatoms. The summed E-state index contributed by atoms with van der Waals surface area (Å²) < 4.78 is 10.8. The Labute approximate surface area is 176 Å². The van der Waals surface area contributed by atoms with E-state index < -0.39 is 6.10 Å². The van der Waals surface area contributed by atoms with Crippen LogP contribution in [0.5, 0.6) is 5.75 Å². The minimum atomic E-state index is -0.491. The van der Waals surface area contributed by atoms with Crippen molar-refractivity contribution < 1.29 is 19.4 Å². The highest BCUT2D eigenvalue weighted by molar-refractivity contribution is 5.98. The summed E-state index contributed by atoms with van der Waals surface area (Å²) in [4.78, 5) is 18.7. The molecule has 0 radical (unpaired) electrons. The first-order valence-electron chi connectivity index (χ1n) is 11.1. The summed E-state index contributed by atoms with van der Waals surface area (Å²) in [6, 6.07) is 7.94. The molecule has 1 aromatic heterocycles. The second kappa shape index (κ2) is 8.21. The van der Waals surface area contributed by atoms with E-state index in [-0.39, 0.29) is 11.9 Å². The number of aromatic amines is 1. The number of rotatable bonds is 4. The van der Waals surface area contributed by atoms with Crippen molar-refractivity contribution in [3.63, 3.8) is 0 Å². The number of methoxy groups -OCH3 is 1. The molecule has 2 aromatic rings. The topological polar surface area (TPSA) is 86.8 Å². The third-order valence-electron chi connectivity index (χ3n) is 7.27. The van der Waals surface area contributed by atoms with E-state index in [2.05, 4.69) is 15.2 Å². The van der Waals surface area contributed by atoms with Crippen LogP contribution >= 0.6 is 0 Å². The van der Waals surface area contributed by atoms with Crippen molar-refractivity contribution in [2.75, 3.05) is 33.4 Å². The Morgan fingerprint density at radius 3 is 2.73 bits per heavy atom. The summed E-state index contributed by atoms with van der Waals surface area (Å²) in [6.07, 6.45) is 3.32. The number of hydrogen-bond acceptors (Lipinski definition) is 5. The molecule has 3 fully saturated rings. The Morgan fingerprint density at radius 2 is 1.97 bits per heavy atom. The number of amides is 1. The van der Waals surface area contributed by atoms with Gasteiger partial charge in [0, 0.05) is 43.2 Å². The monoisotopic (exact) mass is 413 g/mol. The van der Waals surface area contributed by atoms with Gasteiger partial charge in [0.2, 0.25) is 0 Å². The lowest BCUT2D eigenvalue weighted by Gasteiger charge is -2.35. The fraction of sp³-hybridized carbons (Fsp3) is 0.609. The zero-order valence-corrected chi connectivity index (χ0v) is 17.5. The van der Waals surface area contributed by atoms with Crippen molar-refractivity contribution in [3.8, 4) is 5.75 Å². The molecule has 0 spiro atoms. The van der Waals surface area contributed by atoms with Crippen molar-refractivity contribution in [3.05, 3.63) is 30.0 Å². The summed E-state index contributed by atoms with van der Waals surface area (Å²) in [7, 11) is 1.63. The van der Waals surface area contributed by atoms with Gasteiger partial charge in [-0.3, -0.25) is 9.69 Å². The fourth-order valence-corrected chi connectivity index (χ4v) is 5.58. The number of hydrogen-bond donors (Lipinski definition) is 3. The van der Waals surface area contributed by atoms with Crippen LogP contribution in [0.15, 0.2) is 24.3 Å². The van der Waals surface area contributed by atoms with E-state index in [1.54, 1.807) is 7.11 Å². The molecule has 1 amide bonds. The van der Waals surface area contributed by atoms with E-state index in [0.717, 1.165) is 68.6 Å². The predicted molar refractivity (Wildman–Crippen MR) is 114 cm³/mol. The molecule has 0 unspecified atom stereocenters. The average molecular weight is 414 g/mol. The van der Waals surface area contributed by atoms with Crippen molar-refractivity contribution in [1.82, 2.24) is 15.2 Å². The molecule has 0 bridgehead atoms. The minimum Gasteiger partial charge on any atom is -0.497 e. The number of benzene rings is 1. The lowest BCUT2D eigenvalue weighted by Crippen LogP contribution is -2.49. The van der Waals surface area contributed by atoms with Gasteiger partial charge in [-0.2, -0.15) is 0 Å². The van der Waals surface area contributed by atoms with Crippen LogP contribution in [0.1, 0.15) is 36.2 Å². The minimum absolute atomic E-state index is 0.160. The van der Waals surface area contributed by atoms with Gasteiger partial charge in [-0.25, -0.2) is 0 Å². The van der Waals surface area contributed by atoms with Gasteiger partial charge < -0.3 is 24.9 Å². The first-order chi connectivity index (χ1) is 14.6. The molecule has 30 heavy (non-hydrogen) atoms. The van der Waals surface area contributed by atoms with Gasteiger partial charge in [0.25, 0.3) is 5.91 Å². The standard InChI is InChI=1S/C23H31N3O4/c1-29-18-2-3-19-14(8-18)9-21(24-19)23(28)25-20-10-15-12-26(13-16(15)11-22(20)27)17-4-6-30-7-5-17/h2-3,8-9,15-17,20,22,24,27H,4-7,10-13H2,1H3,(H,25,28)/t15-,16+,20-,22-/m0/s1. The van der Waals surface area contributed by atoms with E-state index in [9.17, 15) is 9.90 Å². The SMILES string of the molecule is COc1ccc2[nH]c(C(=O)N[C@H]3C[C@H]4CN(C5CCOCC5)C[C@H]4C[C@@H]3O)cc2c1. The second-order valence-corrected chi connectivity index (χ2v) is 9.07. The number of nitrogens with one attached hydrogen (secondary N) is 2. The summed E-state index contributed by atoms with van der Waals surface area (Å²) in [5, 5.41) is 14.8. The Bertz CT molecular complexity index is 907. The molecule has 5 rings (SSSR count). The average Bonchev–Trinajstić information content (AvgIpc) is 3.38. The van der Waals surface area contributed by atoms with Gasteiger partial charge in [0.15, 0.2) is 0 Å². The van der Waals surface area contributed by atoms with Crippen LogP contribution < -0.4 is 10.1 Å². The van der Waals surface area contributed by atoms with Crippen LogP contribution in [-0.2, 0) is 4.74 Å². The molecule has 4 atom stereocenters. The van der Waals surface area contributed by atoms with Gasteiger partial charge in [0.1, 0.15) is 11.4 Å². The Hall–Kier alpha value is -2.09. The fourth-order valence-electron chi connectivity index (χ4n) is 5.58. The van der Waals surface area contributed by atoms with Crippen molar-refractivity contribution in [1.29, 1.82) is 0 Å². The predicted octanol–water partition coefficient (Wildman–Crippen LogP) is 2.16. The van der Waals surface area contributed by atoms with E-state index >= 15 is 0 Å². The zero-order chi connectivity index (χ0) is 20.7. The quantitative estimate of drug-likeness (QED) is 0.715. The van der Waals surface area contributed by atoms with Gasteiger partial charge >= 0.3 is 0 Å². The molecule has 1 saturated carbocycles. The molecule has 7 nitrogen and oxygen atoms in total. The smallest absolute Gasteiger partial charge is 0.268 e. The van der Waals surface area contributed by atoms with E-state index in [0.29, 0.717) is 23.6 Å². The number of ether oxygens (including phenoxy) is 2. The van der Waals surface area contributed by atoms with Gasteiger partial charge in [-0.15, -0.1) is 0 Å². The summed E-state index contributed by atoms with van der Waals surface area (Å²) >= 11 is 0. The summed E-state index contributed by atoms with van der Waals surface area (Å²) in [6.45, 7) is 3.85. The van der Waals surface area contributed by atoms with E-state index in [4.69, 9.17) is 9.47 Å². The van der Waals surface area contributed by atoms with Crippen LogP contribution in [0.4, 0.5) is 0 Å². The van der Waals surface area contributed by atoms with Gasteiger partial charge in [0.05, 0.1) is 19.3 Å². The van der Waals surface area contributed by atoms with E-state index in [1.165, 1.54) is 0 Å². The maximum Gasteiger partial charge on any atom is 0.268 e. The number of fused-ring (bicyclic) bond motifs is 2. The Kier molecular flexibility index (Phi) is 5.43. The lowest BCUT2D eigenvalue weighted by molar-refractivity contribution is 0.0397. The molecule has 162 valence electrons. The molecular formula is C23H31N3O4. The number of H-pyrrole nitrogens is 1.